The largest absolute Gasteiger partial charge is 0.395 e. The van der Waals surface area contributed by atoms with Gasteiger partial charge in [-0.1, -0.05) is 6.92 Å². The summed E-state index contributed by atoms with van der Waals surface area (Å²) in [5.41, 5.74) is 0. The molecule has 0 amide bonds. The lowest BCUT2D eigenvalue weighted by atomic mass is 10.3. The van der Waals surface area contributed by atoms with Crippen LogP contribution in [0, 0.1) is 0 Å². The Bertz CT molecular complexity index is 98.5. The van der Waals surface area contributed by atoms with E-state index in [2.05, 4.69) is 17.1 Å². The molecule has 0 aromatic heterocycles. The van der Waals surface area contributed by atoms with E-state index in [4.69, 9.17) is 5.11 Å². The van der Waals surface area contributed by atoms with Gasteiger partial charge in [-0.2, -0.15) is 0 Å². The van der Waals surface area contributed by atoms with Crippen molar-refractivity contribution in [1.29, 1.82) is 0 Å². The number of aliphatic hydroxyl groups is 1. The Morgan fingerprint density at radius 1 is 1.50 bits per heavy atom. The Labute approximate surface area is 75.8 Å². The zero-order chi connectivity index (χ0) is 9.40. The lowest BCUT2D eigenvalue weighted by Crippen LogP contribution is -2.34. The first-order valence-electron chi connectivity index (χ1n) is 4.74. The summed E-state index contributed by atoms with van der Waals surface area (Å²) in [7, 11) is 2.05. The molecule has 0 aliphatic carbocycles. The van der Waals surface area contributed by atoms with Crippen LogP contribution in [0.25, 0.3) is 0 Å². The third-order valence-electron chi connectivity index (χ3n) is 2.13. The van der Waals surface area contributed by atoms with Gasteiger partial charge in [-0.05, 0) is 40.0 Å². The van der Waals surface area contributed by atoms with Crippen molar-refractivity contribution >= 4 is 0 Å². The van der Waals surface area contributed by atoms with Crippen molar-refractivity contribution in [3.05, 3.63) is 0 Å². The van der Waals surface area contributed by atoms with Gasteiger partial charge in [0.15, 0.2) is 0 Å². The maximum absolute atomic E-state index is 8.85. The summed E-state index contributed by atoms with van der Waals surface area (Å²) >= 11 is 0. The molecule has 1 unspecified atom stereocenters. The first kappa shape index (κ1) is 11.9. The van der Waals surface area contributed by atoms with E-state index < -0.39 is 0 Å². The molecule has 0 bridgehead atoms. The first-order chi connectivity index (χ1) is 5.72. The summed E-state index contributed by atoms with van der Waals surface area (Å²) < 4.78 is 0. The molecule has 0 aromatic carbocycles. The normalized spacial score (nSPS) is 13.8. The Hall–Kier alpha value is -0.120. The van der Waals surface area contributed by atoms with Gasteiger partial charge < -0.3 is 15.3 Å². The van der Waals surface area contributed by atoms with E-state index in [1.807, 2.05) is 14.0 Å². The monoisotopic (exact) mass is 174 g/mol. The number of nitrogens with one attached hydrogen (secondary N) is 1. The van der Waals surface area contributed by atoms with Crippen LogP contribution in [-0.4, -0.2) is 49.3 Å². The van der Waals surface area contributed by atoms with Crippen LogP contribution in [0.5, 0.6) is 0 Å². The highest BCUT2D eigenvalue weighted by Gasteiger charge is 2.05. The van der Waals surface area contributed by atoms with Crippen LogP contribution in [0.1, 0.15) is 20.3 Å². The van der Waals surface area contributed by atoms with Crippen LogP contribution in [0.15, 0.2) is 0 Å². The summed E-state index contributed by atoms with van der Waals surface area (Å²) in [4.78, 5) is 2.18. The van der Waals surface area contributed by atoms with Crippen LogP contribution in [0.2, 0.25) is 0 Å². The quantitative estimate of drug-likeness (QED) is 0.545. The molecule has 2 N–H and O–H groups in total. The number of aliphatic hydroxyl groups excluding tert-OH is 1. The Morgan fingerprint density at radius 3 is 2.67 bits per heavy atom. The summed E-state index contributed by atoms with van der Waals surface area (Å²) in [5.74, 6) is 0. The zero-order valence-electron chi connectivity index (χ0n) is 8.51. The maximum atomic E-state index is 8.85. The predicted molar refractivity (Wildman–Crippen MR) is 52.3 cm³/mol. The second kappa shape index (κ2) is 7.53. The Morgan fingerprint density at radius 2 is 2.17 bits per heavy atom. The Balaban J connectivity index is 3.24. The minimum absolute atomic E-state index is 0.248. The molecule has 0 aliphatic rings. The summed E-state index contributed by atoms with van der Waals surface area (Å²) in [6.07, 6.45) is 1.15. The van der Waals surface area contributed by atoms with E-state index in [0.29, 0.717) is 0 Å². The third kappa shape index (κ3) is 5.52. The van der Waals surface area contributed by atoms with Crippen LogP contribution >= 0.6 is 0 Å². The summed E-state index contributed by atoms with van der Waals surface area (Å²) in [6.45, 7) is 7.55. The van der Waals surface area contributed by atoms with E-state index in [0.717, 1.165) is 26.1 Å². The molecule has 0 radical (unpaired) electrons. The lowest BCUT2D eigenvalue weighted by Gasteiger charge is -2.22. The van der Waals surface area contributed by atoms with Crippen molar-refractivity contribution in [2.24, 2.45) is 0 Å². The molecule has 0 aliphatic heterocycles. The summed E-state index contributed by atoms with van der Waals surface area (Å²) in [5, 5.41) is 12.1. The van der Waals surface area contributed by atoms with Crippen molar-refractivity contribution in [1.82, 2.24) is 10.2 Å². The molecule has 0 heterocycles. The van der Waals surface area contributed by atoms with Crippen molar-refractivity contribution in [2.75, 3.05) is 33.3 Å². The number of rotatable bonds is 7. The minimum Gasteiger partial charge on any atom is -0.395 e. The van der Waals surface area contributed by atoms with Gasteiger partial charge in [0, 0.05) is 6.04 Å². The maximum Gasteiger partial charge on any atom is 0.0584 e. The molecule has 0 aromatic rings. The van der Waals surface area contributed by atoms with E-state index in [-0.39, 0.29) is 12.6 Å². The highest BCUT2D eigenvalue weighted by Crippen LogP contribution is 1.94. The molecule has 0 saturated carbocycles. The van der Waals surface area contributed by atoms with E-state index >= 15 is 0 Å². The number of hydrogen-bond acceptors (Lipinski definition) is 3. The summed E-state index contributed by atoms with van der Waals surface area (Å²) in [6, 6.07) is 0.284. The van der Waals surface area contributed by atoms with Gasteiger partial charge in [-0.25, -0.2) is 0 Å². The molecule has 12 heavy (non-hydrogen) atoms. The van der Waals surface area contributed by atoms with Gasteiger partial charge in [-0.3, -0.25) is 0 Å². The standard InChI is InChI=1S/C9H22N2O/c1-4-10-6-5-7-11(3)9(2)8-12/h9-10,12H,4-8H2,1-3H3. The average Bonchev–Trinajstić information content (AvgIpc) is 2.10. The van der Waals surface area contributed by atoms with E-state index in [1.54, 1.807) is 0 Å². The van der Waals surface area contributed by atoms with E-state index in [1.165, 1.54) is 0 Å². The van der Waals surface area contributed by atoms with Crippen molar-refractivity contribution in [3.8, 4) is 0 Å². The average molecular weight is 174 g/mol. The fraction of sp³-hybridized carbons (Fsp3) is 1.00. The van der Waals surface area contributed by atoms with Crippen LogP contribution in [0.4, 0.5) is 0 Å². The molecule has 1 atom stereocenters. The fourth-order valence-corrected chi connectivity index (χ4v) is 0.990. The SMILES string of the molecule is CCNCCCN(C)C(C)CO. The number of likely N-dealkylation sites (N-methyl/N-ethyl adjacent to an activating group) is 1. The van der Waals surface area contributed by atoms with Crippen LogP contribution in [-0.2, 0) is 0 Å². The molecule has 0 rings (SSSR count). The fourth-order valence-electron chi connectivity index (χ4n) is 0.990. The molecule has 0 fully saturated rings. The highest BCUT2D eigenvalue weighted by atomic mass is 16.3. The molecule has 0 spiro atoms. The van der Waals surface area contributed by atoms with Gasteiger partial charge in [0.25, 0.3) is 0 Å². The molecular formula is C9H22N2O. The van der Waals surface area contributed by atoms with Gasteiger partial charge in [0.1, 0.15) is 0 Å². The van der Waals surface area contributed by atoms with Gasteiger partial charge in [0.05, 0.1) is 6.61 Å². The molecular weight excluding hydrogens is 152 g/mol. The Kier molecular flexibility index (Phi) is 7.45. The smallest absolute Gasteiger partial charge is 0.0584 e. The first-order valence-corrected chi connectivity index (χ1v) is 4.74. The predicted octanol–water partition coefficient (Wildman–Crippen LogP) is 0.299. The van der Waals surface area contributed by atoms with Gasteiger partial charge >= 0.3 is 0 Å². The molecule has 0 saturated heterocycles. The van der Waals surface area contributed by atoms with Gasteiger partial charge in [0.2, 0.25) is 0 Å². The van der Waals surface area contributed by atoms with Crippen molar-refractivity contribution < 1.29 is 5.11 Å². The molecule has 3 nitrogen and oxygen atoms in total. The van der Waals surface area contributed by atoms with Crippen molar-refractivity contribution in [3.63, 3.8) is 0 Å². The molecule has 74 valence electrons. The number of hydrogen-bond donors (Lipinski definition) is 2. The lowest BCUT2D eigenvalue weighted by molar-refractivity contribution is 0.158. The van der Waals surface area contributed by atoms with Crippen molar-refractivity contribution in [2.45, 2.75) is 26.3 Å². The van der Waals surface area contributed by atoms with Crippen LogP contribution < -0.4 is 5.32 Å². The topological polar surface area (TPSA) is 35.5 Å². The van der Waals surface area contributed by atoms with E-state index in [9.17, 15) is 0 Å². The minimum atomic E-state index is 0.248. The number of nitrogens with zero attached hydrogens (tertiary/aromatic N) is 1. The van der Waals surface area contributed by atoms with Crippen LogP contribution in [0.3, 0.4) is 0 Å². The highest BCUT2D eigenvalue weighted by molar-refractivity contribution is 4.61. The second-order valence-corrected chi connectivity index (χ2v) is 3.22. The third-order valence-corrected chi connectivity index (χ3v) is 2.13. The second-order valence-electron chi connectivity index (χ2n) is 3.22. The molecule has 3 heteroatoms. The zero-order valence-corrected chi connectivity index (χ0v) is 8.51. The van der Waals surface area contributed by atoms with Gasteiger partial charge in [-0.15, -0.1) is 0 Å².